The summed E-state index contributed by atoms with van der Waals surface area (Å²) in [5, 5.41) is 9.55. The molecule has 1 aliphatic heterocycles. The lowest BCUT2D eigenvalue weighted by Crippen LogP contribution is -2.31. The summed E-state index contributed by atoms with van der Waals surface area (Å²) in [6, 6.07) is 10.4. The molecule has 1 heterocycles. The Kier molecular flexibility index (Phi) is 5.92. The van der Waals surface area contributed by atoms with Crippen LogP contribution in [0.2, 0.25) is 0 Å². The Balaban J connectivity index is 1.64. The first-order valence-corrected chi connectivity index (χ1v) is 8.40. The second kappa shape index (κ2) is 7.70. The van der Waals surface area contributed by atoms with Crippen LogP contribution in [0.15, 0.2) is 30.3 Å². The van der Waals surface area contributed by atoms with Crippen LogP contribution in [-0.4, -0.2) is 46.6 Å². The van der Waals surface area contributed by atoms with Gasteiger partial charge in [-0.15, -0.1) is 0 Å². The standard InChI is InChI=1S/C16H23NO2S/c1-13(18)15-7-9-17(11-15)16(19)12-20-10-8-14-5-3-2-4-6-14/h2-6,13,15,18H,7-12H2,1H3. The Morgan fingerprint density at radius 3 is 2.85 bits per heavy atom. The van der Waals surface area contributed by atoms with Crippen molar-refractivity contribution in [2.45, 2.75) is 25.9 Å². The molecule has 1 saturated heterocycles. The van der Waals surface area contributed by atoms with Crippen molar-refractivity contribution in [1.29, 1.82) is 0 Å². The average Bonchev–Trinajstić information content (AvgIpc) is 2.94. The van der Waals surface area contributed by atoms with Gasteiger partial charge in [0.15, 0.2) is 0 Å². The quantitative estimate of drug-likeness (QED) is 0.817. The van der Waals surface area contributed by atoms with Gasteiger partial charge in [0.1, 0.15) is 0 Å². The monoisotopic (exact) mass is 293 g/mol. The fourth-order valence-corrected chi connectivity index (χ4v) is 3.37. The largest absolute Gasteiger partial charge is 0.393 e. The number of amides is 1. The highest BCUT2D eigenvalue weighted by Gasteiger charge is 2.28. The predicted octanol–water partition coefficient (Wildman–Crippen LogP) is 2.19. The highest BCUT2D eigenvalue weighted by molar-refractivity contribution is 7.99. The van der Waals surface area contributed by atoms with Gasteiger partial charge in [-0.1, -0.05) is 30.3 Å². The van der Waals surface area contributed by atoms with E-state index in [2.05, 4.69) is 12.1 Å². The number of benzene rings is 1. The topological polar surface area (TPSA) is 40.5 Å². The zero-order chi connectivity index (χ0) is 14.4. The first-order chi connectivity index (χ1) is 9.66. The molecule has 1 aromatic carbocycles. The molecular weight excluding hydrogens is 270 g/mol. The maximum Gasteiger partial charge on any atom is 0.232 e. The predicted molar refractivity (Wildman–Crippen MR) is 83.8 cm³/mol. The first kappa shape index (κ1) is 15.4. The molecule has 2 atom stereocenters. The van der Waals surface area contributed by atoms with Gasteiger partial charge in [0.2, 0.25) is 5.91 Å². The van der Waals surface area contributed by atoms with Gasteiger partial charge in [-0.25, -0.2) is 0 Å². The minimum absolute atomic E-state index is 0.214. The van der Waals surface area contributed by atoms with Crippen LogP contribution >= 0.6 is 11.8 Å². The van der Waals surface area contributed by atoms with Crippen molar-refractivity contribution < 1.29 is 9.90 Å². The molecule has 4 heteroatoms. The number of carbonyl (C=O) groups excluding carboxylic acids is 1. The zero-order valence-corrected chi connectivity index (χ0v) is 12.8. The summed E-state index contributed by atoms with van der Waals surface area (Å²) in [5.41, 5.74) is 1.32. The third-order valence-electron chi connectivity index (χ3n) is 3.86. The SMILES string of the molecule is CC(O)C1CCN(C(=O)CSCCc2ccccc2)C1. The molecule has 0 aromatic heterocycles. The van der Waals surface area contributed by atoms with Crippen molar-refractivity contribution in [3.8, 4) is 0 Å². The first-order valence-electron chi connectivity index (χ1n) is 7.24. The third-order valence-corrected chi connectivity index (χ3v) is 4.81. The number of rotatable bonds is 6. The highest BCUT2D eigenvalue weighted by atomic mass is 32.2. The lowest BCUT2D eigenvalue weighted by atomic mass is 10.0. The molecule has 110 valence electrons. The number of carbonyl (C=O) groups is 1. The van der Waals surface area contributed by atoms with Crippen molar-refractivity contribution in [3.63, 3.8) is 0 Å². The summed E-state index contributed by atoms with van der Waals surface area (Å²) in [7, 11) is 0. The highest BCUT2D eigenvalue weighted by Crippen LogP contribution is 2.20. The normalized spacial score (nSPS) is 20.1. The number of nitrogens with zero attached hydrogens (tertiary/aromatic N) is 1. The van der Waals surface area contributed by atoms with E-state index >= 15 is 0 Å². The summed E-state index contributed by atoms with van der Waals surface area (Å²) >= 11 is 1.70. The van der Waals surface area contributed by atoms with Crippen LogP contribution in [0.1, 0.15) is 18.9 Å². The van der Waals surface area contributed by atoms with E-state index in [0.717, 1.165) is 31.7 Å². The summed E-state index contributed by atoms with van der Waals surface area (Å²) in [4.78, 5) is 13.9. The Bertz CT molecular complexity index is 422. The lowest BCUT2D eigenvalue weighted by Gasteiger charge is -2.17. The van der Waals surface area contributed by atoms with Crippen LogP contribution in [-0.2, 0) is 11.2 Å². The molecule has 0 bridgehead atoms. The number of hydrogen-bond donors (Lipinski definition) is 1. The fourth-order valence-electron chi connectivity index (χ4n) is 2.49. The maximum absolute atomic E-state index is 12.0. The number of hydrogen-bond acceptors (Lipinski definition) is 3. The maximum atomic E-state index is 12.0. The van der Waals surface area contributed by atoms with E-state index in [1.807, 2.05) is 30.0 Å². The van der Waals surface area contributed by atoms with Crippen LogP contribution in [0, 0.1) is 5.92 Å². The smallest absolute Gasteiger partial charge is 0.232 e. The summed E-state index contributed by atoms with van der Waals surface area (Å²) < 4.78 is 0. The fraction of sp³-hybridized carbons (Fsp3) is 0.562. The zero-order valence-electron chi connectivity index (χ0n) is 12.0. The molecular formula is C16H23NO2S. The molecule has 1 fully saturated rings. The van der Waals surface area contributed by atoms with Crippen molar-refractivity contribution in [2.24, 2.45) is 5.92 Å². The summed E-state index contributed by atoms with van der Waals surface area (Å²) in [6.07, 6.45) is 1.63. The third kappa shape index (κ3) is 4.53. The molecule has 1 N–H and O–H groups in total. The van der Waals surface area contributed by atoms with Crippen molar-refractivity contribution >= 4 is 17.7 Å². The summed E-state index contributed by atoms with van der Waals surface area (Å²) in [5.74, 6) is 2.00. The lowest BCUT2D eigenvalue weighted by molar-refractivity contribution is -0.127. The van der Waals surface area contributed by atoms with Gasteiger partial charge in [-0.05, 0) is 31.1 Å². The number of aryl methyl sites for hydroxylation is 1. The Labute approximate surface area is 125 Å². The van der Waals surface area contributed by atoms with Crippen LogP contribution in [0.5, 0.6) is 0 Å². The molecule has 2 unspecified atom stereocenters. The molecule has 1 aromatic rings. The van der Waals surface area contributed by atoms with Crippen molar-refractivity contribution in [3.05, 3.63) is 35.9 Å². The van der Waals surface area contributed by atoms with E-state index in [1.54, 1.807) is 11.8 Å². The molecule has 3 nitrogen and oxygen atoms in total. The van der Waals surface area contributed by atoms with Gasteiger partial charge >= 0.3 is 0 Å². The molecule has 0 aliphatic carbocycles. The van der Waals surface area contributed by atoms with E-state index in [-0.39, 0.29) is 17.9 Å². The van der Waals surface area contributed by atoms with Crippen LogP contribution in [0.3, 0.4) is 0 Å². The molecule has 0 spiro atoms. The Hall–Kier alpha value is -1.00. The van der Waals surface area contributed by atoms with Gasteiger partial charge < -0.3 is 10.0 Å². The Morgan fingerprint density at radius 1 is 1.45 bits per heavy atom. The van der Waals surface area contributed by atoms with Gasteiger partial charge in [-0.2, -0.15) is 11.8 Å². The molecule has 1 amide bonds. The molecule has 0 saturated carbocycles. The molecule has 2 rings (SSSR count). The minimum atomic E-state index is -0.307. The second-order valence-electron chi connectivity index (χ2n) is 5.42. The van der Waals surface area contributed by atoms with E-state index in [1.165, 1.54) is 5.56 Å². The number of thioether (sulfide) groups is 1. The number of likely N-dealkylation sites (tertiary alicyclic amines) is 1. The Morgan fingerprint density at radius 2 is 2.20 bits per heavy atom. The minimum Gasteiger partial charge on any atom is -0.393 e. The van der Waals surface area contributed by atoms with Crippen LogP contribution in [0.4, 0.5) is 0 Å². The van der Waals surface area contributed by atoms with Crippen molar-refractivity contribution in [2.75, 3.05) is 24.6 Å². The summed E-state index contributed by atoms with van der Waals surface area (Å²) in [6.45, 7) is 3.33. The van der Waals surface area contributed by atoms with Crippen molar-refractivity contribution in [1.82, 2.24) is 4.90 Å². The number of aliphatic hydroxyl groups excluding tert-OH is 1. The van der Waals surface area contributed by atoms with Gasteiger partial charge in [-0.3, -0.25) is 4.79 Å². The van der Waals surface area contributed by atoms with E-state index in [9.17, 15) is 9.90 Å². The molecule has 1 aliphatic rings. The van der Waals surface area contributed by atoms with Gasteiger partial charge in [0.25, 0.3) is 0 Å². The number of aliphatic hydroxyl groups is 1. The molecule has 20 heavy (non-hydrogen) atoms. The van der Waals surface area contributed by atoms with E-state index < -0.39 is 0 Å². The van der Waals surface area contributed by atoms with Gasteiger partial charge in [0, 0.05) is 19.0 Å². The van der Waals surface area contributed by atoms with Gasteiger partial charge in [0.05, 0.1) is 11.9 Å². The van der Waals surface area contributed by atoms with Crippen LogP contribution < -0.4 is 0 Å². The van der Waals surface area contributed by atoms with E-state index in [4.69, 9.17) is 0 Å². The molecule has 0 radical (unpaired) electrons. The van der Waals surface area contributed by atoms with E-state index in [0.29, 0.717) is 5.75 Å². The average molecular weight is 293 g/mol. The second-order valence-corrected chi connectivity index (χ2v) is 6.52. The van der Waals surface area contributed by atoms with Crippen LogP contribution in [0.25, 0.3) is 0 Å².